The summed E-state index contributed by atoms with van der Waals surface area (Å²) >= 11 is 0. The molecule has 0 saturated carbocycles. The first-order valence-electron chi connectivity index (χ1n) is 5.23. The van der Waals surface area contributed by atoms with Crippen molar-refractivity contribution in [1.82, 2.24) is 16.0 Å². The van der Waals surface area contributed by atoms with Crippen LogP contribution in [0.4, 0.5) is 0 Å². The Labute approximate surface area is 91.7 Å². The molecule has 0 aromatic carbocycles. The van der Waals surface area contributed by atoms with Crippen LogP contribution in [0, 0.1) is 5.41 Å². The maximum atomic E-state index is 10.9. The van der Waals surface area contributed by atoms with Gasteiger partial charge in [0.25, 0.3) is 0 Å². The SMILES string of the molecule is CC1=CN(C(C)(C)CC(C)(C)C=O)NN1. The van der Waals surface area contributed by atoms with E-state index in [2.05, 4.69) is 24.8 Å². The molecule has 0 spiro atoms. The van der Waals surface area contributed by atoms with Gasteiger partial charge >= 0.3 is 0 Å². The Kier molecular flexibility index (Phi) is 3.09. The minimum Gasteiger partial charge on any atom is -0.307 e. The fraction of sp³-hybridized carbons (Fsp3) is 0.727. The Morgan fingerprint density at radius 2 is 2.00 bits per heavy atom. The molecule has 15 heavy (non-hydrogen) atoms. The van der Waals surface area contributed by atoms with Gasteiger partial charge in [-0.3, -0.25) is 5.01 Å². The number of allylic oxidation sites excluding steroid dienone is 1. The van der Waals surface area contributed by atoms with Crippen LogP contribution < -0.4 is 11.0 Å². The molecular formula is C11H21N3O. The highest BCUT2D eigenvalue weighted by Gasteiger charge is 2.34. The van der Waals surface area contributed by atoms with E-state index in [9.17, 15) is 4.79 Å². The molecule has 0 atom stereocenters. The molecule has 2 N–H and O–H groups in total. The monoisotopic (exact) mass is 211 g/mol. The fourth-order valence-corrected chi connectivity index (χ4v) is 1.97. The Hall–Kier alpha value is -1.03. The Balaban J connectivity index is 2.71. The van der Waals surface area contributed by atoms with Crippen LogP contribution in [-0.2, 0) is 4.79 Å². The van der Waals surface area contributed by atoms with Gasteiger partial charge in [0, 0.05) is 17.3 Å². The van der Waals surface area contributed by atoms with Crippen molar-refractivity contribution in [3.63, 3.8) is 0 Å². The molecule has 4 heteroatoms. The van der Waals surface area contributed by atoms with Crippen LogP contribution in [0.5, 0.6) is 0 Å². The van der Waals surface area contributed by atoms with Gasteiger partial charge in [0.2, 0.25) is 0 Å². The van der Waals surface area contributed by atoms with Crippen molar-refractivity contribution in [3.05, 3.63) is 11.9 Å². The van der Waals surface area contributed by atoms with Gasteiger partial charge in [-0.05, 0) is 27.2 Å². The smallest absolute Gasteiger partial charge is 0.125 e. The summed E-state index contributed by atoms with van der Waals surface area (Å²) in [6.45, 7) is 10.1. The van der Waals surface area contributed by atoms with Crippen molar-refractivity contribution in [2.45, 2.75) is 46.6 Å². The first-order valence-corrected chi connectivity index (χ1v) is 5.23. The molecule has 1 aliphatic heterocycles. The number of aldehydes is 1. The van der Waals surface area contributed by atoms with E-state index in [4.69, 9.17) is 0 Å². The van der Waals surface area contributed by atoms with Crippen molar-refractivity contribution in [3.8, 4) is 0 Å². The molecule has 0 unspecified atom stereocenters. The molecule has 0 radical (unpaired) electrons. The van der Waals surface area contributed by atoms with Crippen LogP contribution in [0.2, 0.25) is 0 Å². The molecule has 1 rings (SSSR count). The topological polar surface area (TPSA) is 44.4 Å². The van der Waals surface area contributed by atoms with Crippen LogP contribution in [0.25, 0.3) is 0 Å². The van der Waals surface area contributed by atoms with Crippen molar-refractivity contribution < 1.29 is 4.79 Å². The maximum absolute atomic E-state index is 10.9. The number of carbonyl (C=O) groups is 1. The second-order valence-corrected chi connectivity index (χ2v) is 5.51. The maximum Gasteiger partial charge on any atom is 0.125 e. The lowest BCUT2D eigenvalue weighted by atomic mass is 9.81. The van der Waals surface area contributed by atoms with Gasteiger partial charge < -0.3 is 10.2 Å². The highest BCUT2D eigenvalue weighted by molar-refractivity contribution is 5.58. The molecule has 0 aromatic rings. The van der Waals surface area contributed by atoms with Crippen LogP contribution in [-0.4, -0.2) is 16.8 Å². The molecule has 0 fully saturated rings. The standard InChI is InChI=1S/C11H21N3O/c1-9-6-14(13-12-9)11(4,5)7-10(2,3)8-15/h6,8,12-13H,7H2,1-5H3. The lowest BCUT2D eigenvalue weighted by Crippen LogP contribution is -2.51. The van der Waals surface area contributed by atoms with Crippen LogP contribution >= 0.6 is 0 Å². The molecule has 1 heterocycles. The van der Waals surface area contributed by atoms with E-state index in [1.54, 1.807) is 0 Å². The molecule has 0 aliphatic carbocycles. The predicted octanol–water partition coefficient (Wildman–Crippen LogP) is 1.57. The normalized spacial score (nSPS) is 17.4. The number of nitrogens with zero attached hydrogens (tertiary/aromatic N) is 1. The fourth-order valence-electron chi connectivity index (χ4n) is 1.97. The molecule has 86 valence electrons. The van der Waals surface area contributed by atoms with Crippen molar-refractivity contribution in [1.29, 1.82) is 0 Å². The zero-order valence-corrected chi connectivity index (χ0v) is 10.2. The lowest BCUT2D eigenvalue weighted by molar-refractivity contribution is -0.116. The lowest BCUT2D eigenvalue weighted by Gasteiger charge is -2.38. The van der Waals surface area contributed by atoms with Crippen LogP contribution in [0.15, 0.2) is 11.9 Å². The highest BCUT2D eigenvalue weighted by atomic mass is 16.1. The Morgan fingerprint density at radius 1 is 1.40 bits per heavy atom. The van der Waals surface area contributed by atoms with E-state index >= 15 is 0 Å². The quantitative estimate of drug-likeness (QED) is 0.693. The molecule has 1 aliphatic rings. The zero-order chi connectivity index (χ0) is 11.7. The summed E-state index contributed by atoms with van der Waals surface area (Å²) in [7, 11) is 0. The van der Waals surface area contributed by atoms with Crippen molar-refractivity contribution in [2.24, 2.45) is 5.41 Å². The second-order valence-electron chi connectivity index (χ2n) is 5.51. The van der Waals surface area contributed by atoms with Gasteiger partial charge in [0.15, 0.2) is 0 Å². The highest BCUT2D eigenvalue weighted by Crippen LogP contribution is 2.30. The van der Waals surface area contributed by atoms with Crippen molar-refractivity contribution >= 4 is 6.29 Å². The van der Waals surface area contributed by atoms with E-state index in [1.807, 2.05) is 32.0 Å². The third kappa shape index (κ3) is 2.96. The number of hydrazine groups is 2. The second kappa shape index (κ2) is 3.85. The minimum atomic E-state index is -0.296. The summed E-state index contributed by atoms with van der Waals surface area (Å²) in [4.78, 5) is 10.9. The number of carbonyl (C=O) groups excluding carboxylic acids is 1. The predicted molar refractivity (Wildman–Crippen MR) is 60.4 cm³/mol. The number of hydrogen-bond donors (Lipinski definition) is 2. The van der Waals surface area contributed by atoms with E-state index in [1.165, 1.54) is 0 Å². The number of hydrogen-bond acceptors (Lipinski definition) is 4. The number of nitrogens with one attached hydrogen (secondary N) is 2. The first kappa shape index (κ1) is 12.0. The summed E-state index contributed by atoms with van der Waals surface area (Å²) in [5.41, 5.74) is 6.77. The van der Waals surface area contributed by atoms with Crippen molar-refractivity contribution in [2.75, 3.05) is 0 Å². The molecule has 0 bridgehead atoms. The largest absolute Gasteiger partial charge is 0.307 e. The third-order valence-electron chi connectivity index (χ3n) is 2.56. The van der Waals surface area contributed by atoms with Gasteiger partial charge in [-0.2, -0.15) is 0 Å². The van der Waals surface area contributed by atoms with Gasteiger partial charge in [0.1, 0.15) is 6.29 Å². The van der Waals surface area contributed by atoms with Gasteiger partial charge in [-0.15, -0.1) is 5.53 Å². The Bertz CT molecular complexity index is 282. The van der Waals surface area contributed by atoms with Gasteiger partial charge in [-0.25, -0.2) is 0 Å². The molecule has 4 nitrogen and oxygen atoms in total. The molecular weight excluding hydrogens is 190 g/mol. The zero-order valence-electron chi connectivity index (χ0n) is 10.2. The van der Waals surface area contributed by atoms with E-state index < -0.39 is 0 Å². The third-order valence-corrected chi connectivity index (χ3v) is 2.56. The van der Waals surface area contributed by atoms with E-state index in [0.717, 1.165) is 18.4 Å². The first-order chi connectivity index (χ1) is 6.77. The summed E-state index contributed by atoms with van der Waals surface area (Å²) in [5, 5.41) is 2.01. The van der Waals surface area contributed by atoms with E-state index in [0.29, 0.717) is 0 Å². The minimum absolute atomic E-state index is 0.102. The molecule has 0 aromatic heterocycles. The molecule has 0 amide bonds. The average molecular weight is 211 g/mol. The summed E-state index contributed by atoms with van der Waals surface area (Å²) in [6, 6.07) is 0. The summed E-state index contributed by atoms with van der Waals surface area (Å²) in [5.74, 6) is 0. The van der Waals surface area contributed by atoms with E-state index in [-0.39, 0.29) is 11.0 Å². The van der Waals surface area contributed by atoms with Crippen LogP contribution in [0.1, 0.15) is 41.0 Å². The summed E-state index contributed by atoms with van der Waals surface area (Å²) < 4.78 is 0. The van der Waals surface area contributed by atoms with Gasteiger partial charge in [-0.1, -0.05) is 13.8 Å². The van der Waals surface area contributed by atoms with Crippen LogP contribution in [0.3, 0.4) is 0 Å². The van der Waals surface area contributed by atoms with Gasteiger partial charge in [0.05, 0.1) is 5.54 Å². The average Bonchev–Trinajstić information content (AvgIpc) is 2.51. The number of rotatable bonds is 4. The summed E-state index contributed by atoms with van der Waals surface area (Å²) in [6.07, 6.45) is 3.83. The Morgan fingerprint density at radius 3 is 2.40 bits per heavy atom. The molecule has 0 saturated heterocycles.